The third-order valence-corrected chi connectivity index (χ3v) is 9.53. The molecule has 0 spiro atoms. The van der Waals surface area contributed by atoms with Gasteiger partial charge in [-0.25, -0.2) is 8.42 Å². The Bertz CT molecular complexity index is 1130. The molecule has 4 rings (SSSR count). The molecule has 0 bridgehead atoms. The smallest absolute Gasteiger partial charge is 0.323 e. The molecule has 8 heteroatoms. The van der Waals surface area contributed by atoms with E-state index in [1.165, 1.54) is 16.5 Å². The van der Waals surface area contributed by atoms with Gasteiger partial charge in [-0.3, -0.25) is 4.79 Å². The molecule has 5 nitrogen and oxygen atoms in total. The normalized spacial score (nSPS) is 20.0. The molecule has 2 heterocycles. The van der Waals surface area contributed by atoms with Gasteiger partial charge in [-0.05, 0) is 49.1 Å². The minimum absolute atomic E-state index is 0.122. The van der Waals surface area contributed by atoms with Gasteiger partial charge < -0.3 is 5.11 Å². The van der Waals surface area contributed by atoms with Gasteiger partial charge >= 0.3 is 5.97 Å². The third-order valence-electron chi connectivity index (χ3n) is 5.14. The Morgan fingerprint density at radius 2 is 1.83 bits per heavy atom. The molecule has 2 aromatic carbocycles. The van der Waals surface area contributed by atoms with Crippen molar-refractivity contribution in [2.75, 3.05) is 12.3 Å². The van der Waals surface area contributed by atoms with Crippen LogP contribution in [0.5, 0.6) is 0 Å². The maximum atomic E-state index is 13.2. The standard InChI is InChI=1S/C21H21NO4S3/c1-21(2)19(20(23)24)22(11-12-27-21)29(25,26)16-9-7-14(8-10-16)18-13-15-5-3-4-6-17(15)28-18/h3-10,13,19H,11-12H2,1-2H3,(H,23,24). The zero-order chi connectivity index (χ0) is 20.8. The Morgan fingerprint density at radius 1 is 1.14 bits per heavy atom. The molecule has 0 saturated carbocycles. The van der Waals surface area contributed by atoms with Crippen LogP contribution in [0.15, 0.2) is 59.5 Å². The summed E-state index contributed by atoms with van der Waals surface area (Å²) in [4.78, 5) is 13.1. The Kier molecular flexibility index (Phi) is 5.23. The van der Waals surface area contributed by atoms with Crippen LogP contribution in [-0.4, -0.2) is 46.9 Å². The SMILES string of the molecule is CC1(C)SCCN(S(=O)(=O)c2ccc(-c3cc4ccccc4s3)cc2)C1C(=O)O. The second-order valence-corrected chi connectivity index (χ2v) is 12.2. The van der Waals surface area contributed by atoms with Gasteiger partial charge in [-0.2, -0.15) is 16.1 Å². The van der Waals surface area contributed by atoms with Crippen molar-refractivity contribution in [1.29, 1.82) is 0 Å². The monoisotopic (exact) mass is 447 g/mol. The number of rotatable bonds is 4. The quantitative estimate of drug-likeness (QED) is 0.636. The van der Waals surface area contributed by atoms with Gasteiger partial charge in [0.2, 0.25) is 10.0 Å². The average Bonchev–Trinajstić information content (AvgIpc) is 3.11. The van der Waals surface area contributed by atoms with E-state index in [0.29, 0.717) is 5.75 Å². The maximum absolute atomic E-state index is 13.2. The molecule has 29 heavy (non-hydrogen) atoms. The number of carboxylic acid groups (broad SMARTS) is 1. The molecular formula is C21H21NO4S3. The van der Waals surface area contributed by atoms with E-state index in [1.807, 2.05) is 12.1 Å². The average molecular weight is 448 g/mol. The summed E-state index contributed by atoms with van der Waals surface area (Å²) in [6, 6.07) is 15.8. The molecule has 1 fully saturated rings. The van der Waals surface area contributed by atoms with E-state index in [0.717, 1.165) is 20.1 Å². The summed E-state index contributed by atoms with van der Waals surface area (Å²) in [5.74, 6) is -0.553. The van der Waals surface area contributed by atoms with E-state index in [2.05, 4.69) is 18.2 Å². The zero-order valence-corrected chi connectivity index (χ0v) is 18.5. The molecule has 0 aliphatic carbocycles. The number of thiophene rings is 1. The Hall–Kier alpha value is -1.87. The van der Waals surface area contributed by atoms with Crippen LogP contribution in [0.2, 0.25) is 0 Å². The molecule has 1 atom stereocenters. The highest BCUT2D eigenvalue weighted by Gasteiger charge is 2.48. The number of aliphatic carboxylic acids is 1. The lowest BCUT2D eigenvalue weighted by atomic mass is 10.0. The first-order valence-corrected chi connectivity index (χ1v) is 12.4. The molecule has 0 radical (unpaired) electrons. The first kappa shape index (κ1) is 20.4. The summed E-state index contributed by atoms with van der Waals surface area (Å²) in [5, 5.41) is 10.9. The number of nitrogens with zero attached hydrogens (tertiary/aromatic N) is 1. The minimum Gasteiger partial charge on any atom is -0.480 e. The lowest BCUT2D eigenvalue weighted by Crippen LogP contribution is -2.58. The van der Waals surface area contributed by atoms with Crippen molar-refractivity contribution in [2.24, 2.45) is 0 Å². The van der Waals surface area contributed by atoms with Gasteiger partial charge in [0.15, 0.2) is 0 Å². The highest BCUT2D eigenvalue weighted by molar-refractivity contribution is 8.00. The van der Waals surface area contributed by atoms with Crippen LogP contribution in [0.25, 0.3) is 20.5 Å². The second-order valence-electron chi connectivity index (χ2n) is 7.48. The summed E-state index contributed by atoms with van der Waals surface area (Å²) >= 11 is 3.14. The van der Waals surface area contributed by atoms with Crippen LogP contribution in [0.1, 0.15) is 13.8 Å². The molecule has 1 unspecified atom stereocenters. The van der Waals surface area contributed by atoms with E-state index in [4.69, 9.17) is 0 Å². The van der Waals surface area contributed by atoms with Crippen molar-refractivity contribution in [1.82, 2.24) is 4.31 Å². The lowest BCUT2D eigenvalue weighted by Gasteiger charge is -2.42. The fraction of sp³-hybridized carbons (Fsp3) is 0.286. The number of carboxylic acids is 1. The van der Waals surface area contributed by atoms with Crippen LogP contribution in [0.3, 0.4) is 0 Å². The van der Waals surface area contributed by atoms with Crippen molar-refractivity contribution in [3.63, 3.8) is 0 Å². The summed E-state index contributed by atoms with van der Waals surface area (Å²) in [6.45, 7) is 3.75. The summed E-state index contributed by atoms with van der Waals surface area (Å²) in [7, 11) is -3.91. The number of hydrogen-bond donors (Lipinski definition) is 1. The first-order chi connectivity index (χ1) is 13.7. The van der Waals surface area contributed by atoms with E-state index in [1.54, 1.807) is 49.4 Å². The number of fused-ring (bicyclic) bond motifs is 1. The van der Waals surface area contributed by atoms with E-state index < -0.39 is 26.8 Å². The summed E-state index contributed by atoms with van der Waals surface area (Å²) < 4.78 is 28.1. The largest absolute Gasteiger partial charge is 0.480 e. The van der Waals surface area contributed by atoms with E-state index in [-0.39, 0.29) is 11.4 Å². The Balaban J connectivity index is 1.68. The predicted molar refractivity (Wildman–Crippen MR) is 119 cm³/mol. The Labute approximate surface area is 178 Å². The zero-order valence-electron chi connectivity index (χ0n) is 16.0. The second kappa shape index (κ2) is 7.43. The summed E-state index contributed by atoms with van der Waals surface area (Å²) in [5.41, 5.74) is 0.939. The molecule has 152 valence electrons. The van der Waals surface area contributed by atoms with Gasteiger partial charge in [-0.1, -0.05) is 30.3 Å². The van der Waals surface area contributed by atoms with Crippen LogP contribution >= 0.6 is 23.1 Å². The number of sulfonamides is 1. The first-order valence-electron chi connectivity index (χ1n) is 9.18. The van der Waals surface area contributed by atoms with Crippen LogP contribution < -0.4 is 0 Å². The third kappa shape index (κ3) is 3.70. The molecular weight excluding hydrogens is 426 g/mol. The number of hydrogen-bond acceptors (Lipinski definition) is 5. The van der Waals surface area contributed by atoms with Gasteiger partial charge in [0.25, 0.3) is 0 Å². The fourth-order valence-corrected chi connectivity index (χ4v) is 7.85. The molecule has 3 aromatic rings. The van der Waals surface area contributed by atoms with Crippen LogP contribution in [-0.2, 0) is 14.8 Å². The topological polar surface area (TPSA) is 74.7 Å². The molecule has 1 aliphatic heterocycles. The summed E-state index contributed by atoms with van der Waals surface area (Å²) in [6.07, 6.45) is 0. The number of benzene rings is 2. The van der Waals surface area contributed by atoms with Gasteiger partial charge in [0.05, 0.1) is 4.90 Å². The van der Waals surface area contributed by atoms with Gasteiger partial charge in [0, 0.05) is 26.6 Å². The number of thioether (sulfide) groups is 1. The molecule has 1 saturated heterocycles. The van der Waals surface area contributed by atoms with Crippen LogP contribution in [0, 0.1) is 0 Å². The molecule has 1 aliphatic rings. The van der Waals surface area contributed by atoms with E-state index in [9.17, 15) is 18.3 Å². The fourth-order valence-electron chi connectivity index (χ4n) is 3.68. The maximum Gasteiger partial charge on any atom is 0.323 e. The van der Waals surface area contributed by atoms with E-state index >= 15 is 0 Å². The minimum atomic E-state index is -3.91. The lowest BCUT2D eigenvalue weighted by molar-refractivity contribution is -0.142. The van der Waals surface area contributed by atoms with Crippen molar-refractivity contribution in [3.05, 3.63) is 54.6 Å². The van der Waals surface area contributed by atoms with Gasteiger partial charge in [0.1, 0.15) is 6.04 Å². The van der Waals surface area contributed by atoms with Crippen molar-refractivity contribution in [2.45, 2.75) is 29.5 Å². The Morgan fingerprint density at radius 3 is 2.48 bits per heavy atom. The predicted octanol–water partition coefficient (Wildman–Crippen LogP) is 4.54. The molecule has 1 N–H and O–H groups in total. The molecule has 1 aromatic heterocycles. The van der Waals surface area contributed by atoms with Crippen molar-refractivity contribution < 1.29 is 18.3 Å². The highest BCUT2D eigenvalue weighted by Crippen LogP contribution is 2.39. The molecule has 0 amide bonds. The van der Waals surface area contributed by atoms with Gasteiger partial charge in [-0.15, -0.1) is 11.3 Å². The number of carbonyl (C=O) groups is 1. The highest BCUT2D eigenvalue weighted by atomic mass is 32.2. The van der Waals surface area contributed by atoms with Crippen LogP contribution in [0.4, 0.5) is 0 Å². The van der Waals surface area contributed by atoms with Crippen molar-refractivity contribution in [3.8, 4) is 10.4 Å². The van der Waals surface area contributed by atoms with Crippen molar-refractivity contribution >= 4 is 49.2 Å².